The third-order valence-electron chi connectivity index (χ3n) is 4.77. The van der Waals surface area contributed by atoms with Gasteiger partial charge in [-0.25, -0.2) is 0 Å². The number of hydrogen-bond donors (Lipinski definition) is 0. The van der Waals surface area contributed by atoms with Crippen molar-refractivity contribution in [2.45, 2.75) is 32.8 Å². The number of benzene rings is 2. The maximum absolute atomic E-state index is 12.9. The summed E-state index contributed by atoms with van der Waals surface area (Å²) in [6.45, 7) is 5.99. The van der Waals surface area contributed by atoms with Gasteiger partial charge in [0.15, 0.2) is 5.78 Å². The second kappa shape index (κ2) is 7.93. The van der Waals surface area contributed by atoms with Crippen LogP contribution >= 0.6 is 0 Å². The SMILES string of the molecule is CCc1cc(/C=C/C(=O)c2ccc(OC)c3c2OC(C)(C)C=C3)ccc1OC. The number of methoxy groups -OCH3 is 2. The largest absolute Gasteiger partial charge is 0.496 e. The molecule has 0 aliphatic carbocycles. The topological polar surface area (TPSA) is 44.8 Å². The van der Waals surface area contributed by atoms with E-state index in [0.29, 0.717) is 17.1 Å². The molecule has 0 aromatic heterocycles. The third kappa shape index (κ3) is 3.96. The molecule has 0 fully saturated rings. The second-order valence-corrected chi connectivity index (χ2v) is 7.22. The standard InChI is InChI=1S/C24H26O4/c1-6-17-15-16(8-11-21(17)26-4)7-10-20(25)18-9-12-22(27-5)19-13-14-24(2,3)28-23(18)19/h7-15H,6H2,1-5H3/b10-7+. The van der Waals surface area contributed by atoms with Crippen LogP contribution in [0.15, 0.2) is 42.5 Å². The molecule has 0 bridgehead atoms. The van der Waals surface area contributed by atoms with E-state index in [-0.39, 0.29) is 5.78 Å². The van der Waals surface area contributed by atoms with Crippen molar-refractivity contribution in [1.29, 1.82) is 0 Å². The smallest absolute Gasteiger partial charge is 0.189 e. The van der Waals surface area contributed by atoms with Gasteiger partial charge in [0.2, 0.25) is 0 Å². The van der Waals surface area contributed by atoms with Gasteiger partial charge in [0.05, 0.1) is 25.3 Å². The van der Waals surface area contributed by atoms with Crippen molar-refractivity contribution in [3.05, 3.63) is 64.7 Å². The van der Waals surface area contributed by atoms with Gasteiger partial charge in [0.1, 0.15) is 22.8 Å². The summed E-state index contributed by atoms with van der Waals surface area (Å²) in [4.78, 5) is 12.9. The zero-order valence-electron chi connectivity index (χ0n) is 17.0. The molecule has 2 aromatic carbocycles. The van der Waals surface area contributed by atoms with Gasteiger partial charge in [-0.15, -0.1) is 0 Å². The minimum absolute atomic E-state index is 0.112. The lowest BCUT2D eigenvalue weighted by Gasteiger charge is -2.29. The number of allylic oxidation sites excluding steroid dienone is 1. The van der Waals surface area contributed by atoms with Crippen LogP contribution in [0.2, 0.25) is 0 Å². The molecular formula is C24H26O4. The molecular weight excluding hydrogens is 352 g/mol. The van der Waals surface area contributed by atoms with Crippen LogP contribution in [-0.2, 0) is 6.42 Å². The summed E-state index contributed by atoms with van der Waals surface area (Å²) in [6, 6.07) is 9.45. The Morgan fingerprint density at radius 3 is 2.50 bits per heavy atom. The van der Waals surface area contributed by atoms with Crippen LogP contribution in [0.1, 0.15) is 47.8 Å². The van der Waals surface area contributed by atoms with E-state index in [1.807, 2.05) is 50.3 Å². The molecule has 4 nitrogen and oxygen atoms in total. The predicted octanol–water partition coefficient (Wildman–Crippen LogP) is 5.35. The van der Waals surface area contributed by atoms with E-state index in [1.54, 1.807) is 32.4 Å². The van der Waals surface area contributed by atoms with E-state index in [4.69, 9.17) is 14.2 Å². The fourth-order valence-electron chi connectivity index (χ4n) is 3.24. The average Bonchev–Trinajstić information content (AvgIpc) is 2.70. The molecule has 1 heterocycles. The Kier molecular flexibility index (Phi) is 5.59. The van der Waals surface area contributed by atoms with Crippen LogP contribution in [0.4, 0.5) is 0 Å². The van der Waals surface area contributed by atoms with Crippen LogP contribution in [0.5, 0.6) is 17.2 Å². The first-order valence-electron chi connectivity index (χ1n) is 9.37. The fourth-order valence-corrected chi connectivity index (χ4v) is 3.24. The van der Waals surface area contributed by atoms with Crippen LogP contribution in [0.3, 0.4) is 0 Å². The highest BCUT2D eigenvalue weighted by Gasteiger charge is 2.27. The van der Waals surface area contributed by atoms with Gasteiger partial charge in [-0.05, 0) is 73.9 Å². The lowest BCUT2D eigenvalue weighted by Crippen LogP contribution is -2.28. The van der Waals surface area contributed by atoms with Gasteiger partial charge >= 0.3 is 0 Å². The summed E-state index contributed by atoms with van der Waals surface area (Å²) >= 11 is 0. The highest BCUT2D eigenvalue weighted by molar-refractivity contribution is 6.09. The van der Waals surface area contributed by atoms with Crippen molar-refractivity contribution in [3.63, 3.8) is 0 Å². The van der Waals surface area contributed by atoms with Crippen molar-refractivity contribution in [3.8, 4) is 17.2 Å². The molecule has 2 aromatic rings. The normalized spacial score (nSPS) is 14.5. The summed E-state index contributed by atoms with van der Waals surface area (Å²) in [5.41, 5.74) is 2.89. The van der Waals surface area contributed by atoms with Crippen molar-refractivity contribution >= 4 is 17.9 Å². The molecule has 0 unspecified atom stereocenters. The summed E-state index contributed by atoms with van der Waals surface area (Å²) in [7, 11) is 3.27. The number of aryl methyl sites for hydroxylation is 1. The van der Waals surface area contributed by atoms with Crippen LogP contribution in [-0.4, -0.2) is 25.6 Å². The fraction of sp³-hybridized carbons (Fsp3) is 0.292. The Labute approximate surface area is 166 Å². The first-order valence-corrected chi connectivity index (χ1v) is 9.37. The number of carbonyl (C=O) groups is 1. The monoisotopic (exact) mass is 378 g/mol. The van der Waals surface area contributed by atoms with E-state index in [1.165, 1.54) is 0 Å². The predicted molar refractivity (Wildman–Crippen MR) is 112 cm³/mol. The van der Waals surface area contributed by atoms with E-state index in [2.05, 4.69) is 6.92 Å². The molecule has 0 radical (unpaired) electrons. The van der Waals surface area contributed by atoms with Crippen LogP contribution in [0, 0.1) is 0 Å². The maximum Gasteiger partial charge on any atom is 0.189 e. The van der Waals surface area contributed by atoms with Crippen molar-refractivity contribution in [1.82, 2.24) is 0 Å². The van der Waals surface area contributed by atoms with Gasteiger partial charge in [0, 0.05) is 0 Å². The number of hydrogen-bond acceptors (Lipinski definition) is 4. The Morgan fingerprint density at radius 1 is 1.11 bits per heavy atom. The first-order chi connectivity index (χ1) is 13.4. The van der Waals surface area contributed by atoms with Gasteiger partial charge < -0.3 is 14.2 Å². The van der Waals surface area contributed by atoms with Crippen molar-refractivity contribution in [2.75, 3.05) is 14.2 Å². The second-order valence-electron chi connectivity index (χ2n) is 7.22. The first kappa shape index (κ1) is 19.7. The number of ether oxygens (including phenoxy) is 3. The summed E-state index contributed by atoms with van der Waals surface area (Å²) in [6.07, 6.45) is 8.18. The van der Waals surface area contributed by atoms with Gasteiger partial charge in [0.25, 0.3) is 0 Å². The summed E-state index contributed by atoms with van der Waals surface area (Å²) in [5.74, 6) is 1.99. The Morgan fingerprint density at radius 2 is 1.82 bits per heavy atom. The zero-order chi connectivity index (χ0) is 20.3. The van der Waals surface area contributed by atoms with Crippen LogP contribution < -0.4 is 14.2 Å². The number of rotatable bonds is 6. The minimum atomic E-state index is -0.482. The molecule has 0 saturated heterocycles. The zero-order valence-corrected chi connectivity index (χ0v) is 17.0. The molecule has 1 aliphatic heterocycles. The van der Waals surface area contributed by atoms with Gasteiger partial charge in [-0.1, -0.05) is 19.1 Å². The average molecular weight is 378 g/mol. The Balaban J connectivity index is 1.94. The van der Waals surface area contributed by atoms with Gasteiger partial charge in [-0.3, -0.25) is 4.79 Å². The lowest BCUT2D eigenvalue weighted by atomic mass is 9.97. The van der Waals surface area contributed by atoms with E-state index < -0.39 is 5.60 Å². The van der Waals surface area contributed by atoms with E-state index >= 15 is 0 Å². The lowest BCUT2D eigenvalue weighted by molar-refractivity contribution is 0.103. The van der Waals surface area contributed by atoms with Crippen molar-refractivity contribution < 1.29 is 19.0 Å². The highest BCUT2D eigenvalue weighted by atomic mass is 16.5. The summed E-state index contributed by atoms with van der Waals surface area (Å²) in [5, 5.41) is 0. The number of fused-ring (bicyclic) bond motifs is 1. The molecule has 0 atom stereocenters. The Bertz CT molecular complexity index is 951. The minimum Gasteiger partial charge on any atom is -0.496 e. The van der Waals surface area contributed by atoms with E-state index in [0.717, 1.165) is 28.9 Å². The molecule has 0 saturated carbocycles. The third-order valence-corrected chi connectivity index (χ3v) is 4.77. The molecule has 1 aliphatic rings. The quantitative estimate of drug-likeness (QED) is 0.502. The number of carbonyl (C=O) groups excluding carboxylic acids is 1. The molecule has 28 heavy (non-hydrogen) atoms. The molecule has 0 N–H and O–H groups in total. The molecule has 3 rings (SSSR count). The van der Waals surface area contributed by atoms with Crippen molar-refractivity contribution in [2.24, 2.45) is 0 Å². The van der Waals surface area contributed by atoms with Gasteiger partial charge in [-0.2, -0.15) is 0 Å². The highest BCUT2D eigenvalue weighted by Crippen LogP contribution is 2.40. The van der Waals surface area contributed by atoms with Crippen LogP contribution in [0.25, 0.3) is 12.2 Å². The molecule has 146 valence electrons. The molecule has 0 amide bonds. The Hall–Kier alpha value is -3.01. The summed E-state index contributed by atoms with van der Waals surface area (Å²) < 4.78 is 16.9. The number of ketones is 1. The maximum atomic E-state index is 12.9. The molecule has 0 spiro atoms. The molecule has 4 heteroatoms. The van der Waals surface area contributed by atoms with E-state index in [9.17, 15) is 4.79 Å².